The molecular weight excluding hydrogens is 247 g/mol. The highest BCUT2D eigenvalue weighted by atomic mass is 16.1. The summed E-state index contributed by atoms with van der Waals surface area (Å²) in [6.07, 6.45) is 0. The Balaban J connectivity index is 2.15. The molecule has 2 heterocycles. The summed E-state index contributed by atoms with van der Waals surface area (Å²) in [5.41, 5.74) is 2.09. The van der Waals surface area contributed by atoms with Crippen molar-refractivity contribution in [3.05, 3.63) is 76.3 Å². The second kappa shape index (κ2) is 4.64. The van der Waals surface area contributed by atoms with Crippen LogP contribution in [0.3, 0.4) is 0 Å². The maximum Gasteiger partial charge on any atom is 0.248 e. The Kier molecular flexibility index (Phi) is 2.94. The van der Waals surface area contributed by atoms with E-state index in [0.29, 0.717) is 5.69 Å². The van der Waals surface area contributed by atoms with Crippen molar-refractivity contribution in [2.24, 2.45) is 0 Å². The van der Waals surface area contributed by atoms with Gasteiger partial charge in [-0.25, -0.2) is 0 Å². The van der Waals surface area contributed by atoms with Crippen LogP contribution in [0.4, 0.5) is 0 Å². The largest absolute Gasteiger partial charge is 0.326 e. The number of aromatic amines is 1. The highest BCUT2D eigenvalue weighted by Crippen LogP contribution is 2.26. The minimum absolute atomic E-state index is 0.167. The van der Waals surface area contributed by atoms with Gasteiger partial charge in [0.2, 0.25) is 5.56 Å². The van der Waals surface area contributed by atoms with E-state index in [0.717, 1.165) is 16.6 Å². The Labute approximate surface area is 118 Å². The zero-order chi connectivity index (χ0) is 14.2. The molecule has 1 unspecified atom stereocenters. The van der Waals surface area contributed by atoms with Crippen molar-refractivity contribution in [1.29, 1.82) is 0 Å². The Morgan fingerprint density at radius 3 is 2.65 bits per heavy atom. The fourth-order valence-corrected chi connectivity index (χ4v) is 2.24. The lowest BCUT2D eigenvalue weighted by atomic mass is 9.65. The summed E-state index contributed by atoms with van der Waals surface area (Å²) in [6.45, 7) is 1.84. The number of hydrogen-bond acceptors (Lipinski definition) is 2. The van der Waals surface area contributed by atoms with Gasteiger partial charge < -0.3 is 4.98 Å². The minimum atomic E-state index is -0.843. The van der Waals surface area contributed by atoms with Gasteiger partial charge in [-0.05, 0) is 18.2 Å². The number of H-pyrrole nitrogens is 1. The van der Waals surface area contributed by atoms with Crippen LogP contribution in [0.25, 0.3) is 10.9 Å². The Bertz CT molecular complexity index is 824. The first-order valence-corrected chi connectivity index (χ1v) is 6.42. The molecule has 20 heavy (non-hydrogen) atoms. The van der Waals surface area contributed by atoms with Crippen LogP contribution in [-0.4, -0.2) is 17.8 Å². The summed E-state index contributed by atoms with van der Waals surface area (Å²) >= 11 is 0. The molecule has 2 aromatic heterocycles. The van der Waals surface area contributed by atoms with Gasteiger partial charge in [0.25, 0.3) is 0 Å². The summed E-state index contributed by atoms with van der Waals surface area (Å²) < 4.78 is 0. The molecule has 1 N–H and O–H groups in total. The van der Waals surface area contributed by atoms with E-state index in [1.54, 1.807) is 12.1 Å². The van der Waals surface area contributed by atoms with E-state index in [-0.39, 0.29) is 5.56 Å². The van der Waals surface area contributed by atoms with Crippen LogP contribution >= 0.6 is 0 Å². The number of fused-ring (bicyclic) bond motifs is 1. The monoisotopic (exact) mass is 260 g/mol. The predicted octanol–water partition coefficient (Wildman–Crippen LogP) is 2.36. The summed E-state index contributed by atoms with van der Waals surface area (Å²) in [5.74, 6) is 0. The first-order valence-electron chi connectivity index (χ1n) is 6.42. The molecule has 4 heteroatoms. The summed E-state index contributed by atoms with van der Waals surface area (Å²) in [6, 6.07) is 16.7. The quantitative estimate of drug-likeness (QED) is 0.719. The van der Waals surface area contributed by atoms with Crippen LogP contribution in [0.2, 0.25) is 0 Å². The summed E-state index contributed by atoms with van der Waals surface area (Å²) in [4.78, 5) is 18.8. The fraction of sp³-hybridized carbons (Fsp3) is 0.125. The van der Waals surface area contributed by atoms with Crippen LogP contribution in [0.15, 0.2) is 59.4 Å². The molecule has 0 aliphatic heterocycles. The zero-order valence-corrected chi connectivity index (χ0v) is 11.1. The van der Waals surface area contributed by atoms with Crippen molar-refractivity contribution in [2.75, 3.05) is 0 Å². The van der Waals surface area contributed by atoms with E-state index in [9.17, 15) is 4.79 Å². The first kappa shape index (κ1) is 12.7. The minimum Gasteiger partial charge on any atom is -0.326 e. The lowest BCUT2D eigenvalue weighted by Gasteiger charge is -2.25. The highest BCUT2D eigenvalue weighted by Gasteiger charge is 2.25. The van der Waals surface area contributed by atoms with Crippen molar-refractivity contribution in [3.63, 3.8) is 0 Å². The second-order valence-electron chi connectivity index (χ2n) is 5.02. The number of aromatic nitrogens is 2. The maximum absolute atomic E-state index is 11.4. The SMILES string of the molecule is [B]C(C)(c1ccc2ccccc2n1)c1cccc(=O)[nH]1. The molecule has 0 bridgehead atoms. The Morgan fingerprint density at radius 1 is 1.05 bits per heavy atom. The molecule has 0 aliphatic carbocycles. The van der Waals surface area contributed by atoms with Gasteiger partial charge in [-0.3, -0.25) is 9.78 Å². The number of rotatable bonds is 2. The number of para-hydroxylation sites is 1. The van der Waals surface area contributed by atoms with E-state index >= 15 is 0 Å². The molecule has 3 rings (SSSR count). The number of pyridine rings is 2. The van der Waals surface area contributed by atoms with E-state index in [1.807, 2.05) is 43.3 Å². The van der Waals surface area contributed by atoms with E-state index in [2.05, 4.69) is 9.97 Å². The number of benzene rings is 1. The molecule has 1 aromatic carbocycles. The predicted molar refractivity (Wildman–Crippen MR) is 81.0 cm³/mol. The van der Waals surface area contributed by atoms with Crippen molar-refractivity contribution in [1.82, 2.24) is 9.97 Å². The molecule has 0 aliphatic rings. The molecular formula is C16H13BN2O. The van der Waals surface area contributed by atoms with Crippen molar-refractivity contribution >= 4 is 18.7 Å². The Morgan fingerprint density at radius 2 is 1.85 bits per heavy atom. The summed E-state index contributed by atoms with van der Waals surface area (Å²) in [7, 11) is 6.39. The van der Waals surface area contributed by atoms with Crippen molar-refractivity contribution in [2.45, 2.75) is 12.2 Å². The van der Waals surface area contributed by atoms with Gasteiger partial charge in [-0.1, -0.05) is 37.3 Å². The van der Waals surface area contributed by atoms with Gasteiger partial charge >= 0.3 is 0 Å². The number of hydrogen-bond donors (Lipinski definition) is 1. The smallest absolute Gasteiger partial charge is 0.248 e. The first-order chi connectivity index (χ1) is 9.57. The van der Waals surface area contributed by atoms with Gasteiger partial charge in [0.05, 0.1) is 13.4 Å². The van der Waals surface area contributed by atoms with Crippen LogP contribution in [0.1, 0.15) is 18.3 Å². The van der Waals surface area contributed by atoms with Crippen LogP contribution < -0.4 is 5.56 Å². The number of nitrogens with one attached hydrogen (secondary N) is 1. The molecule has 2 radical (unpaired) electrons. The molecule has 0 amide bonds. The van der Waals surface area contributed by atoms with Crippen molar-refractivity contribution in [3.8, 4) is 0 Å². The molecule has 1 atom stereocenters. The summed E-state index contributed by atoms with van der Waals surface area (Å²) in [5, 5.41) is 0.221. The van der Waals surface area contributed by atoms with Gasteiger partial charge in [0.1, 0.15) is 0 Å². The highest BCUT2D eigenvalue weighted by molar-refractivity contribution is 6.17. The average molecular weight is 260 g/mol. The maximum atomic E-state index is 11.4. The van der Waals surface area contributed by atoms with Gasteiger partial charge in [-0.15, -0.1) is 0 Å². The van der Waals surface area contributed by atoms with E-state index in [1.165, 1.54) is 6.07 Å². The van der Waals surface area contributed by atoms with Gasteiger partial charge in [0, 0.05) is 28.2 Å². The van der Waals surface area contributed by atoms with Crippen LogP contribution in [0, 0.1) is 0 Å². The van der Waals surface area contributed by atoms with Gasteiger partial charge in [0.15, 0.2) is 0 Å². The topological polar surface area (TPSA) is 45.8 Å². The standard InChI is InChI=1S/C16H13BN2O/c1-16(17,13-7-4-8-15(20)19-13)14-10-9-11-5-2-3-6-12(11)18-14/h2-10H,1H3,(H,19,20). The lowest BCUT2D eigenvalue weighted by Crippen LogP contribution is -2.28. The molecule has 3 aromatic rings. The second-order valence-corrected chi connectivity index (χ2v) is 5.02. The zero-order valence-electron chi connectivity index (χ0n) is 11.1. The van der Waals surface area contributed by atoms with E-state index < -0.39 is 5.31 Å². The molecule has 96 valence electrons. The molecule has 0 fully saturated rings. The van der Waals surface area contributed by atoms with E-state index in [4.69, 9.17) is 7.85 Å². The average Bonchev–Trinajstić information content (AvgIpc) is 2.46. The van der Waals surface area contributed by atoms with Crippen LogP contribution in [-0.2, 0) is 5.31 Å². The Hall–Kier alpha value is -2.36. The molecule has 0 saturated carbocycles. The number of nitrogens with zero attached hydrogens (tertiary/aromatic N) is 1. The third-order valence-corrected chi connectivity index (χ3v) is 3.46. The van der Waals surface area contributed by atoms with Crippen LogP contribution in [0.5, 0.6) is 0 Å². The van der Waals surface area contributed by atoms with Crippen molar-refractivity contribution < 1.29 is 0 Å². The third-order valence-electron chi connectivity index (χ3n) is 3.46. The fourth-order valence-electron chi connectivity index (χ4n) is 2.24. The third kappa shape index (κ3) is 2.13. The normalized spacial score (nSPS) is 14.1. The van der Waals surface area contributed by atoms with Gasteiger partial charge in [-0.2, -0.15) is 0 Å². The lowest BCUT2D eigenvalue weighted by molar-refractivity contribution is 0.748. The molecule has 0 saturated heterocycles. The molecule has 0 spiro atoms. The molecule has 3 nitrogen and oxygen atoms in total.